The predicted octanol–water partition coefficient (Wildman–Crippen LogP) is 2.48. The third-order valence-electron chi connectivity index (χ3n) is 5.28. The zero-order chi connectivity index (χ0) is 20.0. The lowest BCUT2D eigenvalue weighted by molar-refractivity contribution is -0.123. The van der Waals surface area contributed by atoms with Crippen LogP contribution in [-0.2, 0) is 4.79 Å². The first-order chi connectivity index (χ1) is 14.1. The van der Waals surface area contributed by atoms with Gasteiger partial charge in [-0.15, -0.1) is 0 Å². The summed E-state index contributed by atoms with van der Waals surface area (Å²) in [4.78, 5) is 33.3. The number of carbonyl (C=O) groups excluding carboxylic acids is 1. The molecule has 7 heteroatoms. The molecule has 0 aliphatic carbocycles. The molecule has 1 atom stereocenters. The lowest BCUT2D eigenvalue weighted by atomic mass is 10.1. The smallest absolute Gasteiger partial charge is 0.275 e. The van der Waals surface area contributed by atoms with Gasteiger partial charge >= 0.3 is 0 Å². The van der Waals surface area contributed by atoms with Gasteiger partial charge in [0.15, 0.2) is 0 Å². The minimum Gasteiger partial charge on any atom is -0.383 e. The Balaban J connectivity index is 1.62. The Morgan fingerprint density at radius 2 is 1.72 bits per heavy atom. The maximum absolute atomic E-state index is 12.6. The number of benzene rings is 2. The monoisotopic (exact) mass is 386 g/mol. The maximum Gasteiger partial charge on any atom is 0.275 e. The molecule has 3 heterocycles. The number of aromatic amines is 1. The Hall–Kier alpha value is -3.71. The molecule has 0 saturated carbocycles. The number of carbonyl (C=O) groups is 1. The first-order valence-electron chi connectivity index (χ1n) is 9.37. The fourth-order valence-corrected chi connectivity index (χ4v) is 3.81. The highest BCUT2D eigenvalue weighted by atomic mass is 16.3. The van der Waals surface area contributed by atoms with Crippen LogP contribution in [0.1, 0.15) is 6.42 Å². The van der Waals surface area contributed by atoms with Gasteiger partial charge in [0.05, 0.1) is 6.33 Å². The molecule has 2 aromatic carbocycles. The van der Waals surface area contributed by atoms with Gasteiger partial charge in [0, 0.05) is 36.1 Å². The minimum absolute atomic E-state index is 0.223. The summed E-state index contributed by atoms with van der Waals surface area (Å²) in [7, 11) is 0. The molecule has 1 fully saturated rings. The van der Waals surface area contributed by atoms with E-state index in [-0.39, 0.29) is 11.5 Å². The van der Waals surface area contributed by atoms with Crippen LogP contribution in [0, 0.1) is 0 Å². The first-order valence-corrected chi connectivity index (χ1v) is 9.37. The molecule has 5 rings (SSSR count). The van der Waals surface area contributed by atoms with Crippen molar-refractivity contribution < 1.29 is 9.90 Å². The summed E-state index contributed by atoms with van der Waals surface area (Å²) in [6.45, 7) is 0.494. The van der Waals surface area contributed by atoms with Crippen LogP contribution < -0.4 is 10.5 Å². The molecule has 4 aromatic rings. The van der Waals surface area contributed by atoms with Crippen LogP contribution in [0.5, 0.6) is 0 Å². The molecule has 1 aliphatic rings. The average molecular weight is 386 g/mol. The summed E-state index contributed by atoms with van der Waals surface area (Å²) in [5.41, 5.74) is 4.22. The van der Waals surface area contributed by atoms with E-state index < -0.39 is 6.10 Å². The van der Waals surface area contributed by atoms with Gasteiger partial charge in [-0.05, 0) is 29.8 Å². The van der Waals surface area contributed by atoms with Gasteiger partial charge in [0.25, 0.3) is 11.5 Å². The van der Waals surface area contributed by atoms with Crippen LogP contribution in [-0.4, -0.2) is 38.2 Å². The molecular formula is C22H18N4O3. The molecule has 7 nitrogen and oxygen atoms in total. The van der Waals surface area contributed by atoms with Crippen molar-refractivity contribution >= 4 is 22.6 Å². The normalized spacial score (nSPS) is 16.7. The molecule has 144 valence electrons. The number of rotatable bonds is 3. The maximum atomic E-state index is 12.6. The van der Waals surface area contributed by atoms with Crippen molar-refractivity contribution in [3.8, 4) is 16.8 Å². The second-order valence-corrected chi connectivity index (χ2v) is 7.02. The Labute approximate surface area is 165 Å². The molecule has 2 aromatic heterocycles. The Morgan fingerprint density at radius 3 is 2.41 bits per heavy atom. The van der Waals surface area contributed by atoms with Crippen LogP contribution in [0.15, 0.2) is 71.9 Å². The van der Waals surface area contributed by atoms with Crippen molar-refractivity contribution in [1.29, 1.82) is 0 Å². The van der Waals surface area contributed by atoms with Gasteiger partial charge in [-0.25, -0.2) is 4.98 Å². The molecule has 1 unspecified atom stereocenters. The average Bonchev–Trinajstić information content (AvgIpc) is 3.31. The van der Waals surface area contributed by atoms with Gasteiger partial charge < -0.3 is 19.6 Å². The van der Waals surface area contributed by atoms with Crippen molar-refractivity contribution in [3.63, 3.8) is 0 Å². The van der Waals surface area contributed by atoms with Crippen LogP contribution in [0.3, 0.4) is 0 Å². The number of H-pyrrole nitrogens is 1. The van der Waals surface area contributed by atoms with Crippen LogP contribution >= 0.6 is 0 Å². The third-order valence-corrected chi connectivity index (χ3v) is 5.28. The van der Waals surface area contributed by atoms with E-state index in [0.29, 0.717) is 24.0 Å². The molecular weight excluding hydrogens is 368 g/mol. The number of fused-ring (bicyclic) bond motifs is 1. The van der Waals surface area contributed by atoms with Crippen molar-refractivity contribution in [2.24, 2.45) is 0 Å². The van der Waals surface area contributed by atoms with Crippen LogP contribution in [0.2, 0.25) is 0 Å². The van der Waals surface area contributed by atoms with E-state index in [1.54, 1.807) is 4.90 Å². The van der Waals surface area contributed by atoms with E-state index in [1.165, 1.54) is 6.33 Å². The molecule has 1 amide bonds. The zero-order valence-corrected chi connectivity index (χ0v) is 15.4. The summed E-state index contributed by atoms with van der Waals surface area (Å²) in [5, 5.41) is 9.68. The van der Waals surface area contributed by atoms with E-state index in [4.69, 9.17) is 0 Å². The lowest BCUT2D eigenvalue weighted by Crippen LogP contribution is -2.28. The topological polar surface area (TPSA) is 91.2 Å². The van der Waals surface area contributed by atoms with Gasteiger partial charge in [-0.1, -0.05) is 30.3 Å². The predicted molar refractivity (Wildman–Crippen MR) is 110 cm³/mol. The molecule has 2 N–H and O–H groups in total. The number of amides is 1. The number of aliphatic hydroxyl groups is 1. The van der Waals surface area contributed by atoms with E-state index in [9.17, 15) is 14.7 Å². The molecule has 0 spiro atoms. The number of aromatic nitrogens is 3. The lowest BCUT2D eigenvalue weighted by Gasteiger charge is -2.16. The van der Waals surface area contributed by atoms with E-state index >= 15 is 0 Å². The van der Waals surface area contributed by atoms with Crippen LogP contribution in [0.4, 0.5) is 5.69 Å². The summed E-state index contributed by atoms with van der Waals surface area (Å²) < 4.78 is 1.81. The van der Waals surface area contributed by atoms with E-state index in [2.05, 4.69) is 9.97 Å². The van der Waals surface area contributed by atoms with E-state index in [1.807, 2.05) is 65.4 Å². The fourth-order valence-electron chi connectivity index (χ4n) is 3.81. The Morgan fingerprint density at radius 1 is 1.00 bits per heavy atom. The van der Waals surface area contributed by atoms with Crippen molar-refractivity contribution in [2.75, 3.05) is 11.4 Å². The Kier molecular flexibility index (Phi) is 4.03. The number of hydrogen-bond donors (Lipinski definition) is 2. The highest BCUT2D eigenvalue weighted by molar-refractivity contribution is 5.98. The molecule has 0 radical (unpaired) electrons. The number of anilines is 1. The number of nitrogens with zero attached hydrogens (tertiary/aromatic N) is 3. The fraction of sp³-hybridized carbons (Fsp3) is 0.136. The summed E-state index contributed by atoms with van der Waals surface area (Å²) in [6.07, 6.45) is 2.82. The first kappa shape index (κ1) is 17.4. The van der Waals surface area contributed by atoms with E-state index in [0.717, 1.165) is 22.5 Å². The standard InChI is InChI=1S/C22H18N4O3/c27-18-10-11-25(22(18)29)15-6-8-16(9-7-15)26-12-17(14-4-2-1-3-5-14)19-20(26)21(28)24-13-23-19/h1-9,12-13,18,27H,10-11H2,(H,23,24,28). The molecule has 1 saturated heterocycles. The van der Waals surface area contributed by atoms with Gasteiger partial charge in [-0.2, -0.15) is 0 Å². The molecule has 0 bridgehead atoms. The van der Waals surface area contributed by atoms with Crippen molar-refractivity contribution in [2.45, 2.75) is 12.5 Å². The summed E-state index contributed by atoms with van der Waals surface area (Å²) in [5.74, 6) is -0.281. The SMILES string of the molecule is O=C1C(O)CCN1c1ccc(-n2cc(-c3ccccc3)c3nc[nH]c(=O)c32)cc1. The second kappa shape index (κ2) is 6.72. The number of aliphatic hydroxyl groups excluding tert-OH is 1. The highest BCUT2D eigenvalue weighted by Gasteiger charge is 2.30. The van der Waals surface area contributed by atoms with Gasteiger partial charge in [0.1, 0.15) is 17.1 Å². The van der Waals surface area contributed by atoms with Crippen LogP contribution in [0.25, 0.3) is 27.8 Å². The summed E-state index contributed by atoms with van der Waals surface area (Å²) >= 11 is 0. The van der Waals surface area contributed by atoms with Crippen molar-refractivity contribution in [1.82, 2.24) is 14.5 Å². The van der Waals surface area contributed by atoms with Gasteiger partial charge in [0.2, 0.25) is 0 Å². The van der Waals surface area contributed by atoms with Gasteiger partial charge in [-0.3, -0.25) is 9.59 Å². The largest absolute Gasteiger partial charge is 0.383 e. The molecule has 29 heavy (non-hydrogen) atoms. The number of nitrogens with one attached hydrogen (secondary N) is 1. The Bertz CT molecular complexity index is 1260. The summed E-state index contributed by atoms with van der Waals surface area (Å²) in [6, 6.07) is 17.2. The second-order valence-electron chi connectivity index (χ2n) is 7.02. The molecule has 1 aliphatic heterocycles. The number of hydrogen-bond acceptors (Lipinski definition) is 4. The minimum atomic E-state index is -0.930. The zero-order valence-electron chi connectivity index (χ0n) is 15.4. The van der Waals surface area contributed by atoms with Crippen molar-refractivity contribution in [3.05, 3.63) is 77.5 Å². The third kappa shape index (κ3) is 2.83. The highest BCUT2D eigenvalue weighted by Crippen LogP contribution is 2.30. The quantitative estimate of drug-likeness (QED) is 0.566.